The lowest BCUT2D eigenvalue weighted by Gasteiger charge is -2.39. The Morgan fingerprint density at radius 1 is 0.441 bits per heavy atom. The lowest BCUT2D eigenvalue weighted by Crippen LogP contribution is -2.50. The SMILES string of the molecule is C=C1C=C(C(F)(F)F)C(C(=O)Nc2cc(-c3cnc(N4CCCC4)nc3)c(F)cc2N2CCN(C)CC2)=CN1.C=C1C=C(C(F)(F)F)C(C(=O)Nc2cc(-c3cnc(N4CCOCC4)nc3)c(F)cc2N2CCN(C)[C@@H](C)C2)=CN1.C=C1C=C(C(F)(F)F)C(C(=O)Nc2cc(-c3cnc(NC4CC4)nc3)c(F)cc2N2CCN(C)CC2)=CN1. The van der Waals surface area contributed by atoms with E-state index in [-0.39, 0.29) is 56.9 Å². The van der Waals surface area contributed by atoms with Gasteiger partial charge in [0.2, 0.25) is 17.8 Å². The molecule has 5 saturated heterocycles. The molecule has 3 amide bonds. The summed E-state index contributed by atoms with van der Waals surface area (Å²) in [5.41, 5.74) is -1.96. The van der Waals surface area contributed by atoms with Gasteiger partial charge in [-0.25, -0.2) is 43.1 Å². The van der Waals surface area contributed by atoms with Crippen LogP contribution in [0.25, 0.3) is 33.4 Å². The highest BCUT2D eigenvalue weighted by molar-refractivity contribution is 6.11. The molecule has 0 bridgehead atoms. The fraction of sp³-hybridized carbons (Fsp3) is 0.370. The normalized spacial score (nSPS) is 19.1. The van der Waals surface area contributed by atoms with E-state index in [1.807, 2.05) is 47.7 Å². The Morgan fingerprint density at radius 3 is 1.11 bits per heavy atom. The van der Waals surface area contributed by atoms with Crippen molar-refractivity contribution in [2.75, 3.05) is 178 Å². The number of rotatable bonds is 16. The van der Waals surface area contributed by atoms with E-state index in [0.29, 0.717) is 156 Å². The van der Waals surface area contributed by atoms with E-state index in [2.05, 4.69) is 106 Å². The van der Waals surface area contributed by atoms with Gasteiger partial charge in [-0.2, -0.15) is 39.5 Å². The first-order chi connectivity index (χ1) is 56.2. The first kappa shape index (κ1) is 84.1. The molecule has 6 aromatic rings. The fourth-order valence-corrected chi connectivity index (χ4v) is 14.1. The fourth-order valence-electron chi connectivity index (χ4n) is 14.1. The maximum atomic E-state index is 15.6. The standard InChI is InChI=1S/C28H31F4N7O2.C27H29F4N7O.C26H27F4N7O/c1-17-10-22(28(30,31)32)21(15-33-17)26(40)36-24-11-20(19-13-34-27(35-14-19)38-6-8-41-9-7-38)23(29)12-25(24)39-5-4-37(3)18(2)16-39;1-17-11-21(27(29,30)31)20(16-32-17)25(39)35-23-12-19(18-14-33-26(34-15-18)38-5-3-4-6-38)22(28)13-24(23)37-9-7-36(2)8-10-37;1-15-9-20(26(28,29)30)19(14-31-15)24(38)35-22-10-18(16-12-32-25(33-13-16)34-17-3-4-17)21(27)11-23(22)37-7-5-36(2)6-8-37/h10-15,18,33H,1,4-9,16H2,2-3H3,(H,36,40);11-16,32H,1,3-10H2,2H3,(H,35,39);9-14,17,31H,1,3-8H2,2H3,(H,35,38)(H,32,33,34)/t18-;;/m0../s1. The number of carbonyl (C=O) groups is 3. The lowest BCUT2D eigenvalue weighted by atomic mass is 10.0. The van der Waals surface area contributed by atoms with Crippen LogP contribution in [0.15, 0.2) is 181 Å². The molecule has 3 aromatic heterocycles. The number of carbonyl (C=O) groups excluding carboxylic acids is 3. The molecule has 9 aliphatic rings. The Labute approximate surface area is 672 Å². The number of benzene rings is 3. The minimum Gasteiger partial charge on any atom is -0.378 e. The van der Waals surface area contributed by atoms with Crippen molar-refractivity contribution in [2.45, 2.75) is 63.2 Å². The molecule has 0 radical (unpaired) electrons. The van der Waals surface area contributed by atoms with Gasteiger partial charge in [-0.05, 0) is 108 Å². The van der Waals surface area contributed by atoms with Crippen LogP contribution in [0.1, 0.15) is 32.6 Å². The zero-order valence-corrected chi connectivity index (χ0v) is 64.9. The molecule has 1 atom stereocenters. The molecule has 0 spiro atoms. The summed E-state index contributed by atoms with van der Waals surface area (Å²) in [5, 5.41) is 18.7. The third-order valence-electron chi connectivity index (χ3n) is 21.1. The number of aromatic nitrogens is 6. The maximum absolute atomic E-state index is 15.6. The molecule has 624 valence electrons. The molecule has 1 saturated carbocycles. The van der Waals surface area contributed by atoms with Crippen molar-refractivity contribution in [1.82, 2.24) is 60.6 Å². The molecule has 25 nitrogen and oxygen atoms in total. The summed E-state index contributed by atoms with van der Waals surface area (Å²) >= 11 is 0. The van der Waals surface area contributed by atoms with Crippen molar-refractivity contribution in [1.29, 1.82) is 0 Å². The largest absolute Gasteiger partial charge is 0.417 e. The van der Waals surface area contributed by atoms with Crippen LogP contribution in [0.4, 0.5) is 105 Å². The summed E-state index contributed by atoms with van der Waals surface area (Å²) in [6, 6.07) is 8.65. The van der Waals surface area contributed by atoms with Crippen molar-refractivity contribution in [3.8, 4) is 33.4 Å². The second-order valence-corrected chi connectivity index (χ2v) is 29.7. The zero-order valence-electron chi connectivity index (χ0n) is 64.9. The number of dihydropyridines is 3. The third kappa shape index (κ3) is 20.2. The number of nitrogens with zero attached hydrogens (tertiary/aromatic N) is 14. The van der Waals surface area contributed by atoms with E-state index in [1.54, 1.807) is 0 Å². The summed E-state index contributed by atoms with van der Waals surface area (Å²) in [4.78, 5) is 81.8. The van der Waals surface area contributed by atoms with Gasteiger partial charge >= 0.3 is 18.5 Å². The molecule has 11 heterocycles. The van der Waals surface area contributed by atoms with Gasteiger partial charge < -0.3 is 81.2 Å². The van der Waals surface area contributed by atoms with Crippen molar-refractivity contribution < 1.29 is 71.8 Å². The summed E-state index contributed by atoms with van der Waals surface area (Å²) in [5.74, 6) is -3.16. The summed E-state index contributed by atoms with van der Waals surface area (Å²) < 4.78 is 175. The van der Waals surface area contributed by atoms with Gasteiger partial charge in [0.05, 0.1) is 80.8 Å². The molecule has 1 aliphatic carbocycles. The van der Waals surface area contributed by atoms with Crippen LogP contribution in [0.2, 0.25) is 0 Å². The van der Waals surface area contributed by atoms with Gasteiger partial charge in [0, 0.05) is 217 Å². The van der Waals surface area contributed by atoms with Crippen LogP contribution in [-0.4, -0.2) is 225 Å². The van der Waals surface area contributed by atoms with Crippen LogP contribution in [0, 0.1) is 17.5 Å². The van der Waals surface area contributed by atoms with Crippen molar-refractivity contribution in [3.63, 3.8) is 0 Å². The summed E-state index contributed by atoms with van der Waals surface area (Å²) in [6.07, 6.45) is 4.11. The average molecular weight is 1650 g/mol. The van der Waals surface area contributed by atoms with Crippen molar-refractivity contribution in [2.24, 2.45) is 0 Å². The number of nitrogens with one attached hydrogen (secondary N) is 7. The number of alkyl halides is 9. The number of morpholine rings is 1. The average Bonchev–Trinajstić information content (AvgIpc) is 1.03. The van der Waals surface area contributed by atoms with Crippen LogP contribution in [0.3, 0.4) is 0 Å². The van der Waals surface area contributed by atoms with Crippen molar-refractivity contribution >= 4 is 69.7 Å². The maximum Gasteiger partial charge on any atom is 0.417 e. The highest BCUT2D eigenvalue weighted by Crippen LogP contribution is 2.43. The number of hydrogen-bond donors (Lipinski definition) is 7. The van der Waals surface area contributed by atoms with Crippen LogP contribution >= 0.6 is 0 Å². The van der Waals surface area contributed by atoms with E-state index < -0.39 is 87.1 Å². The Morgan fingerprint density at radius 2 is 0.771 bits per heavy atom. The van der Waals surface area contributed by atoms with Gasteiger partial charge in [0.1, 0.15) is 17.5 Å². The number of anilines is 9. The van der Waals surface area contributed by atoms with Crippen molar-refractivity contribution in [3.05, 3.63) is 198 Å². The Hall–Kier alpha value is -11.8. The number of piperazine rings is 3. The Balaban J connectivity index is 0.000000154. The van der Waals surface area contributed by atoms with Crippen LogP contribution in [0.5, 0.6) is 0 Å². The molecule has 3 aromatic carbocycles. The smallest absolute Gasteiger partial charge is 0.378 e. The molecule has 118 heavy (non-hydrogen) atoms. The van der Waals surface area contributed by atoms with E-state index in [0.717, 1.165) is 75.6 Å². The molecule has 8 aliphatic heterocycles. The molecule has 15 rings (SSSR count). The first-order valence-corrected chi connectivity index (χ1v) is 38.1. The van der Waals surface area contributed by atoms with E-state index in [9.17, 15) is 53.9 Å². The summed E-state index contributed by atoms with van der Waals surface area (Å²) in [7, 11) is 5.92. The zero-order chi connectivity index (χ0) is 84.1. The minimum absolute atomic E-state index is 0.00517. The topological polar surface area (TPSA) is 248 Å². The van der Waals surface area contributed by atoms with Crippen LogP contribution < -0.4 is 61.7 Å². The predicted molar refractivity (Wildman–Crippen MR) is 427 cm³/mol. The molecular weight excluding hydrogens is 1560 g/mol. The second kappa shape index (κ2) is 35.6. The Kier molecular flexibility index (Phi) is 25.3. The van der Waals surface area contributed by atoms with Gasteiger partial charge in [0.25, 0.3) is 17.7 Å². The quantitative estimate of drug-likeness (QED) is 0.0445. The first-order valence-electron chi connectivity index (χ1n) is 38.1. The molecule has 0 unspecified atom stereocenters. The highest BCUT2D eigenvalue weighted by atomic mass is 19.4. The highest BCUT2D eigenvalue weighted by Gasteiger charge is 2.43. The van der Waals surface area contributed by atoms with E-state index in [4.69, 9.17) is 4.74 Å². The second-order valence-electron chi connectivity index (χ2n) is 29.7. The van der Waals surface area contributed by atoms with E-state index in [1.165, 1.54) is 73.6 Å². The number of ether oxygens (including phenoxy) is 1. The number of halogens is 12. The lowest BCUT2D eigenvalue weighted by molar-refractivity contribution is -0.115. The summed E-state index contributed by atoms with van der Waals surface area (Å²) in [6.45, 7) is 23.4. The third-order valence-corrected chi connectivity index (χ3v) is 21.1. The van der Waals surface area contributed by atoms with Gasteiger partial charge in [-0.1, -0.05) is 19.7 Å². The number of amides is 3. The number of hydrogen-bond acceptors (Lipinski definition) is 22. The van der Waals surface area contributed by atoms with E-state index >= 15 is 13.2 Å². The Bertz CT molecular complexity index is 5000. The van der Waals surface area contributed by atoms with Gasteiger partial charge in [-0.15, -0.1) is 0 Å². The molecule has 6 fully saturated rings. The number of likely N-dealkylation sites (N-methyl/N-ethyl adjacent to an activating group) is 3. The number of allylic oxidation sites excluding steroid dienone is 3. The predicted octanol–water partition coefficient (Wildman–Crippen LogP) is 11.8. The van der Waals surface area contributed by atoms with Gasteiger partial charge in [0.15, 0.2) is 0 Å². The molecular formula is C81H87F12N21O4. The minimum atomic E-state index is -4.78. The van der Waals surface area contributed by atoms with Crippen LogP contribution in [-0.2, 0) is 19.1 Å². The molecule has 37 heteroatoms. The monoisotopic (exact) mass is 1650 g/mol. The molecule has 7 N–H and O–H groups in total. The van der Waals surface area contributed by atoms with Gasteiger partial charge in [-0.3, -0.25) is 14.4 Å².